The Morgan fingerprint density at radius 3 is 3.07 bits per heavy atom. The largest absolute Gasteiger partial charge is 0.296 e. The molecule has 3 nitrogen and oxygen atoms in total. The van der Waals surface area contributed by atoms with Crippen LogP contribution in [0.2, 0.25) is 0 Å². The zero-order valence-electron chi connectivity index (χ0n) is 9.12. The summed E-state index contributed by atoms with van der Waals surface area (Å²) in [7, 11) is 0. The first-order chi connectivity index (χ1) is 7.25. The molecule has 1 atom stereocenters. The summed E-state index contributed by atoms with van der Waals surface area (Å²) >= 11 is 0. The first-order valence-corrected chi connectivity index (χ1v) is 5.87. The van der Waals surface area contributed by atoms with Crippen molar-refractivity contribution < 1.29 is 0 Å². The van der Waals surface area contributed by atoms with Crippen molar-refractivity contribution in [3.8, 4) is 0 Å². The van der Waals surface area contributed by atoms with E-state index < -0.39 is 0 Å². The lowest BCUT2D eigenvalue weighted by atomic mass is 10.0. The van der Waals surface area contributed by atoms with Gasteiger partial charge in [-0.1, -0.05) is 6.92 Å². The minimum atomic E-state index is 0.249. The van der Waals surface area contributed by atoms with Gasteiger partial charge in [0.05, 0.1) is 5.69 Å². The fourth-order valence-corrected chi connectivity index (χ4v) is 2.74. The Morgan fingerprint density at radius 2 is 2.20 bits per heavy atom. The van der Waals surface area contributed by atoms with Gasteiger partial charge in [0.1, 0.15) is 5.82 Å². The molecule has 0 fully saturated rings. The molecule has 1 unspecified atom stereocenters. The molecule has 3 rings (SSSR count). The zero-order valence-corrected chi connectivity index (χ0v) is 9.12. The van der Waals surface area contributed by atoms with E-state index in [9.17, 15) is 4.79 Å². The molecule has 0 N–H and O–H groups in total. The second-order valence-electron chi connectivity index (χ2n) is 4.87. The minimum absolute atomic E-state index is 0.249. The Morgan fingerprint density at radius 1 is 1.33 bits per heavy atom. The van der Waals surface area contributed by atoms with Crippen LogP contribution in [-0.4, -0.2) is 9.55 Å². The fourth-order valence-electron chi connectivity index (χ4n) is 2.74. The van der Waals surface area contributed by atoms with Crippen LogP contribution in [0.15, 0.2) is 4.79 Å². The van der Waals surface area contributed by atoms with Crippen molar-refractivity contribution in [1.29, 1.82) is 0 Å². The lowest BCUT2D eigenvalue weighted by Crippen LogP contribution is -2.33. The van der Waals surface area contributed by atoms with Crippen molar-refractivity contribution in [3.05, 3.63) is 27.4 Å². The molecular formula is C12H16N2O. The number of fused-ring (bicyclic) bond motifs is 2. The summed E-state index contributed by atoms with van der Waals surface area (Å²) in [6, 6.07) is 0. The first-order valence-electron chi connectivity index (χ1n) is 5.87. The highest BCUT2D eigenvalue weighted by Gasteiger charge is 2.23. The highest BCUT2D eigenvalue weighted by atomic mass is 16.1. The third-order valence-corrected chi connectivity index (χ3v) is 3.62. The number of nitrogens with zero attached hydrogens (tertiary/aromatic N) is 2. The highest BCUT2D eigenvalue weighted by Crippen LogP contribution is 2.21. The van der Waals surface area contributed by atoms with Crippen LogP contribution in [0, 0.1) is 5.92 Å². The molecule has 80 valence electrons. The lowest BCUT2D eigenvalue weighted by Gasteiger charge is -2.23. The Hall–Kier alpha value is -1.12. The van der Waals surface area contributed by atoms with Gasteiger partial charge in [0.15, 0.2) is 0 Å². The summed E-state index contributed by atoms with van der Waals surface area (Å²) in [5, 5.41) is 0. The van der Waals surface area contributed by atoms with E-state index in [0.29, 0.717) is 5.92 Å². The van der Waals surface area contributed by atoms with E-state index in [1.54, 1.807) is 0 Å². The van der Waals surface area contributed by atoms with Crippen molar-refractivity contribution >= 4 is 0 Å². The number of aromatic nitrogens is 2. The molecule has 0 aromatic carbocycles. The molecule has 1 aromatic heterocycles. The Labute approximate surface area is 89.2 Å². The Kier molecular flexibility index (Phi) is 1.94. The minimum Gasteiger partial charge on any atom is -0.296 e. The number of hydrogen-bond donors (Lipinski definition) is 0. The summed E-state index contributed by atoms with van der Waals surface area (Å²) in [5.74, 6) is 1.65. The summed E-state index contributed by atoms with van der Waals surface area (Å²) in [5.41, 5.74) is 2.33. The quantitative estimate of drug-likeness (QED) is 0.638. The predicted molar refractivity (Wildman–Crippen MR) is 58.0 cm³/mol. The summed E-state index contributed by atoms with van der Waals surface area (Å²) in [4.78, 5) is 16.8. The third-order valence-electron chi connectivity index (χ3n) is 3.62. The van der Waals surface area contributed by atoms with E-state index in [2.05, 4.69) is 11.9 Å². The average Bonchev–Trinajstić information content (AvgIpc) is 2.68. The molecule has 0 saturated carbocycles. The maximum Gasteiger partial charge on any atom is 0.256 e. The second kappa shape index (κ2) is 3.19. The van der Waals surface area contributed by atoms with Gasteiger partial charge in [-0.3, -0.25) is 9.36 Å². The van der Waals surface area contributed by atoms with Gasteiger partial charge in [0.2, 0.25) is 0 Å². The Balaban J connectivity index is 2.19. The molecule has 0 spiro atoms. The summed E-state index contributed by atoms with van der Waals surface area (Å²) in [6.45, 7) is 3.08. The molecule has 2 heterocycles. The zero-order chi connectivity index (χ0) is 10.4. The topological polar surface area (TPSA) is 34.9 Å². The van der Waals surface area contributed by atoms with Crippen molar-refractivity contribution in [2.75, 3.05) is 0 Å². The summed E-state index contributed by atoms with van der Waals surface area (Å²) in [6.07, 6.45) is 5.20. The molecule has 1 aliphatic carbocycles. The van der Waals surface area contributed by atoms with Gasteiger partial charge in [-0.15, -0.1) is 0 Å². The van der Waals surface area contributed by atoms with E-state index in [1.165, 1.54) is 6.42 Å². The van der Waals surface area contributed by atoms with Crippen LogP contribution in [0.5, 0.6) is 0 Å². The van der Waals surface area contributed by atoms with Crippen LogP contribution in [0.25, 0.3) is 0 Å². The van der Waals surface area contributed by atoms with Crippen molar-refractivity contribution in [3.63, 3.8) is 0 Å². The van der Waals surface area contributed by atoms with Crippen LogP contribution >= 0.6 is 0 Å². The molecule has 1 aliphatic heterocycles. The van der Waals surface area contributed by atoms with Gasteiger partial charge in [0, 0.05) is 18.5 Å². The summed E-state index contributed by atoms with van der Waals surface area (Å²) < 4.78 is 1.92. The van der Waals surface area contributed by atoms with Gasteiger partial charge < -0.3 is 0 Å². The van der Waals surface area contributed by atoms with Crippen LogP contribution in [0.3, 0.4) is 0 Å². The van der Waals surface area contributed by atoms with Crippen molar-refractivity contribution in [2.45, 2.75) is 45.6 Å². The number of hydrogen-bond acceptors (Lipinski definition) is 2. The van der Waals surface area contributed by atoms with E-state index in [1.807, 2.05) is 4.57 Å². The van der Waals surface area contributed by atoms with Gasteiger partial charge in [0.25, 0.3) is 5.56 Å². The van der Waals surface area contributed by atoms with E-state index in [-0.39, 0.29) is 5.56 Å². The Bertz CT molecular complexity index is 461. The first kappa shape index (κ1) is 9.13. The lowest BCUT2D eigenvalue weighted by molar-refractivity contribution is 0.377. The molecule has 15 heavy (non-hydrogen) atoms. The van der Waals surface area contributed by atoms with Crippen LogP contribution in [0.1, 0.15) is 36.8 Å². The smallest absolute Gasteiger partial charge is 0.256 e. The van der Waals surface area contributed by atoms with Gasteiger partial charge in [-0.2, -0.15) is 0 Å². The molecule has 1 aromatic rings. The SMILES string of the molecule is CC1CCc2nc3c(c(=O)n2C1)CCC3. The van der Waals surface area contributed by atoms with Crippen molar-refractivity contribution in [1.82, 2.24) is 9.55 Å². The van der Waals surface area contributed by atoms with Gasteiger partial charge in [-0.25, -0.2) is 4.98 Å². The number of rotatable bonds is 0. The number of aryl methyl sites for hydroxylation is 2. The molecule has 3 heteroatoms. The van der Waals surface area contributed by atoms with Gasteiger partial charge in [-0.05, 0) is 31.6 Å². The average molecular weight is 204 g/mol. The predicted octanol–water partition coefficient (Wildman–Crippen LogP) is 1.31. The molecule has 2 aliphatic rings. The third kappa shape index (κ3) is 1.33. The van der Waals surface area contributed by atoms with Crippen LogP contribution < -0.4 is 5.56 Å². The van der Waals surface area contributed by atoms with E-state index >= 15 is 0 Å². The van der Waals surface area contributed by atoms with Gasteiger partial charge >= 0.3 is 0 Å². The maximum absolute atomic E-state index is 12.2. The van der Waals surface area contributed by atoms with Crippen LogP contribution in [0.4, 0.5) is 0 Å². The normalized spacial score (nSPS) is 23.7. The van der Waals surface area contributed by atoms with Crippen LogP contribution in [-0.2, 0) is 25.8 Å². The molecular weight excluding hydrogens is 188 g/mol. The highest BCUT2D eigenvalue weighted by molar-refractivity contribution is 5.24. The van der Waals surface area contributed by atoms with E-state index in [4.69, 9.17) is 0 Å². The molecule has 0 bridgehead atoms. The van der Waals surface area contributed by atoms with Crippen molar-refractivity contribution in [2.24, 2.45) is 5.92 Å². The fraction of sp³-hybridized carbons (Fsp3) is 0.667. The molecule has 0 saturated heterocycles. The van der Waals surface area contributed by atoms with E-state index in [0.717, 1.165) is 49.3 Å². The monoisotopic (exact) mass is 204 g/mol. The maximum atomic E-state index is 12.2. The standard InChI is InChI=1S/C12H16N2O/c1-8-5-6-11-13-10-4-2-3-9(10)12(15)14(11)7-8/h8H,2-7H2,1H3. The second-order valence-corrected chi connectivity index (χ2v) is 4.87. The molecule has 0 amide bonds. The molecule has 0 radical (unpaired) electrons.